The van der Waals surface area contributed by atoms with E-state index in [1.165, 1.54) is 0 Å². The standard InChI is InChI=1S/C17H24BrNO2/c1-11(2)13-9-14(16(21-4)15(18)10-13)17(20)19-7-5-12(3)6-8-19/h9-12H,5-8H2,1-4H3. The van der Waals surface area contributed by atoms with Crippen molar-refractivity contribution in [1.29, 1.82) is 0 Å². The maximum Gasteiger partial charge on any atom is 0.257 e. The minimum absolute atomic E-state index is 0.0851. The number of hydrogen-bond donors (Lipinski definition) is 0. The van der Waals surface area contributed by atoms with Gasteiger partial charge in [-0.25, -0.2) is 0 Å². The van der Waals surface area contributed by atoms with E-state index in [1.54, 1.807) is 7.11 Å². The zero-order valence-electron chi connectivity index (χ0n) is 13.3. The number of hydrogen-bond acceptors (Lipinski definition) is 2. The van der Waals surface area contributed by atoms with Gasteiger partial charge in [0.05, 0.1) is 17.1 Å². The number of likely N-dealkylation sites (tertiary alicyclic amines) is 1. The van der Waals surface area contributed by atoms with E-state index in [1.807, 2.05) is 17.0 Å². The van der Waals surface area contributed by atoms with Crippen LogP contribution < -0.4 is 4.74 Å². The van der Waals surface area contributed by atoms with Crippen LogP contribution in [0, 0.1) is 5.92 Å². The van der Waals surface area contributed by atoms with Crippen molar-refractivity contribution in [2.75, 3.05) is 20.2 Å². The van der Waals surface area contributed by atoms with E-state index in [0.29, 0.717) is 23.1 Å². The normalized spacial score (nSPS) is 16.4. The Balaban J connectivity index is 2.34. The molecular formula is C17H24BrNO2. The maximum absolute atomic E-state index is 12.8. The maximum atomic E-state index is 12.8. The molecule has 0 bridgehead atoms. The third-order valence-electron chi connectivity index (χ3n) is 4.24. The Bertz CT molecular complexity index is 520. The minimum atomic E-state index is 0.0851. The monoisotopic (exact) mass is 353 g/mol. The molecule has 116 valence electrons. The van der Waals surface area contributed by atoms with Gasteiger partial charge in [-0.3, -0.25) is 4.79 Å². The molecule has 0 radical (unpaired) electrons. The van der Waals surface area contributed by atoms with E-state index in [-0.39, 0.29) is 5.91 Å². The average molecular weight is 354 g/mol. The van der Waals surface area contributed by atoms with Crippen LogP contribution in [-0.2, 0) is 0 Å². The van der Waals surface area contributed by atoms with Gasteiger partial charge in [-0.2, -0.15) is 0 Å². The molecule has 1 saturated heterocycles. The molecule has 1 aromatic rings. The topological polar surface area (TPSA) is 29.5 Å². The molecule has 2 rings (SSSR count). The van der Waals surface area contributed by atoms with Gasteiger partial charge in [-0.1, -0.05) is 20.8 Å². The van der Waals surface area contributed by atoms with Crippen LogP contribution in [0.3, 0.4) is 0 Å². The fourth-order valence-corrected chi connectivity index (χ4v) is 3.34. The summed E-state index contributed by atoms with van der Waals surface area (Å²) in [6, 6.07) is 4.02. The SMILES string of the molecule is COc1c(Br)cc(C(C)C)cc1C(=O)N1CCC(C)CC1. The summed E-state index contributed by atoms with van der Waals surface area (Å²) in [7, 11) is 1.62. The molecule has 1 aliphatic heterocycles. The summed E-state index contributed by atoms with van der Waals surface area (Å²) in [4.78, 5) is 14.8. The largest absolute Gasteiger partial charge is 0.495 e. The summed E-state index contributed by atoms with van der Waals surface area (Å²) < 4.78 is 6.30. The first-order valence-corrected chi connectivity index (χ1v) is 8.40. The predicted molar refractivity (Wildman–Crippen MR) is 89.1 cm³/mol. The summed E-state index contributed by atoms with van der Waals surface area (Å²) in [6.07, 6.45) is 2.16. The van der Waals surface area contributed by atoms with Gasteiger partial charge in [-0.15, -0.1) is 0 Å². The Hall–Kier alpha value is -1.03. The van der Waals surface area contributed by atoms with E-state index in [2.05, 4.69) is 36.7 Å². The lowest BCUT2D eigenvalue weighted by Crippen LogP contribution is -2.38. The van der Waals surface area contributed by atoms with Crippen LogP contribution in [-0.4, -0.2) is 31.0 Å². The van der Waals surface area contributed by atoms with Crippen molar-refractivity contribution in [3.63, 3.8) is 0 Å². The van der Waals surface area contributed by atoms with Crippen LogP contribution in [0.5, 0.6) is 5.75 Å². The lowest BCUT2D eigenvalue weighted by atomic mass is 9.97. The number of piperidine rings is 1. The number of amides is 1. The second kappa shape index (κ2) is 6.82. The summed E-state index contributed by atoms with van der Waals surface area (Å²) in [5, 5.41) is 0. The van der Waals surface area contributed by atoms with Crippen molar-refractivity contribution >= 4 is 21.8 Å². The molecule has 1 aromatic carbocycles. The van der Waals surface area contributed by atoms with Crippen molar-refractivity contribution in [2.45, 2.75) is 39.5 Å². The van der Waals surface area contributed by atoms with Gasteiger partial charge in [0.1, 0.15) is 5.75 Å². The smallest absolute Gasteiger partial charge is 0.257 e. The van der Waals surface area contributed by atoms with E-state index in [9.17, 15) is 4.79 Å². The van der Waals surface area contributed by atoms with Crippen molar-refractivity contribution in [3.05, 3.63) is 27.7 Å². The highest BCUT2D eigenvalue weighted by molar-refractivity contribution is 9.10. The molecule has 0 aliphatic carbocycles. The molecule has 0 spiro atoms. The predicted octanol–water partition coefficient (Wildman–Crippen LogP) is 4.45. The molecule has 1 heterocycles. The molecule has 0 atom stereocenters. The molecular weight excluding hydrogens is 330 g/mol. The van der Waals surface area contributed by atoms with Crippen molar-refractivity contribution in [2.24, 2.45) is 5.92 Å². The molecule has 3 nitrogen and oxygen atoms in total. The summed E-state index contributed by atoms with van der Waals surface area (Å²) in [5.41, 5.74) is 1.82. The lowest BCUT2D eigenvalue weighted by Gasteiger charge is -2.31. The fraction of sp³-hybridized carbons (Fsp3) is 0.588. The highest BCUT2D eigenvalue weighted by Gasteiger charge is 2.25. The highest BCUT2D eigenvalue weighted by atomic mass is 79.9. The molecule has 4 heteroatoms. The van der Waals surface area contributed by atoms with Gasteiger partial charge in [0.15, 0.2) is 0 Å². The molecule has 21 heavy (non-hydrogen) atoms. The number of carbonyl (C=O) groups is 1. The van der Waals surface area contributed by atoms with E-state index in [4.69, 9.17) is 4.74 Å². The molecule has 0 saturated carbocycles. The molecule has 1 amide bonds. The fourth-order valence-electron chi connectivity index (χ4n) is 2.70. The summed E-state index contributed by atoms with van der Waals surface area (Å²) in [6.45, 7) is 8.19. The molecule has 0 unspecified atom stereocenters. The van der Waals surface area contributed by atoms with Crippen molar-refractivity contribution in [3.8, 4) is 5.75 Å². The number of carbonyl (C=O) groups excluding carboxylic acids is 1. The Labute approximate surface area is 135 Å². The van der Waals surface area contributed by atoms with Gasteiger partial charge < -0.3 is 9.64 Å². The zero-order valence-corrected chi connectivity index (χ0v) is 14.9. The number of nitrogens with zero attached hydrogens (tertiary/aromatic N) is 1. The van der Waals surface area contributed by atoms with Crippen LogP contribution in [0.15, 0.2) is 16.6 Å². The van der Waals surface area contributed by atoms with E-state index < -0.39 is 0 Å². The quantitative estimate of drug-likeness (QED) is 0.802. The van der Waals surface area contributed by atoms with Gasteiger partial charge in [0.25, 0.3) is 5.91 Å². The van der Waals surface area contributed by atoms with Crippen LogP contribution in [0.25, 0.3) is 0 Å². The first-order valence-electron chi connectivity index (χ1n) is 7.60. The first-order chi connectivity index (χ1) is 9.93. The van der Waals surface area contributed by atoms with Gasteiger partial charge >= 0.3 is 0 Å². The van der Waals surface area contributed by atoms with Gasteiger partial charge in [0.2, 0.25) is 0 Å². The van der Waals surface area contributed by atoms with Crippen LogP contribution in [0.2, 0.25) is 0 Å². The number of rotatable bonds is 3. The van der Waals surface area contributed by atoms with Crippen LogP contribution >= 0.6 is 15.9 Å². The third kappa shape index (κ3) is 3.60. The molecule has 1 fully saturated rings. The third-order valence-corrected chi connectivity index (χ3v) is 4.83. The van der Waals surface area contributed by atoms with Crippen molar-refractivity contribution in [1.82, 2.24) is 4.90 Å². The highest BCUT2D eigenvalue weighted by Crippen LogP contribution is 2.34. The van der Waals surface area contributed by atoms with Crippen LogP contribution in [0.4, 0.5) is 0 Å². The Morgan fingerprint density at radius 1 is 1.33 bits per heavy atom. The number of methoxy groups -OCH3 is 1. The second-order valence-electron chi connectivity index (χ2n) is 6.21. The Morgan fingerprint density at radius 3 is 2.48 bits per heavy atom. The zero-order chi connectivity index (χ0) is 15.6. The average Bonchev–Trinajstić information content (AvgIpc) is 2.46. The van der Waals surface area contributed by atoms with E-state index in [0.717, 1.165) is 36.0 Å². The van der Waals surface area contributed by atoms with E-state index >= 15 is 0 Å². The van der Waals surface area contributed by atoms with Crippen molar-refractivity contribution < 1.29 is 9.53 Å². The second-order valence-corrected chi connectivity index (χ2v) is 7.07. The Kier molecular flexibility index (Phi) is 5.31. The molecule has 0 N–H and O–H groups in total. The van der Waals surface area contributed by atoms with Gasteiger partial charge in [0, 0.05) is 13.1 Å². The summed E-state index contributed by atoms with van der Waals surface area (Å²) in [5.74, 6) is 1.81. The molecule has 0 aromatic heterocycles. The Morgan fingerprint density at radius 2 is 1.95 bits per heavy atom. The first kappa shape index (κ1) is 16.3. The number of halogens is 1. The van der Waals surface area contributed by atoms with Crippen LogP contribution in [0.1, 0.15) is 55.5 Å². The molecule has 1 aliphatic rings. The number of benzene rings is 1. The summed E-state index contributed by atoms with van der Waals surface area (Å²) >= 11 is 3.53. The van der Waals surface area contributed by atoms with Gasteiger partial charge in [-0.05, 0) is 58.3 Å². The lowest BCUT2D eigenvalue weighted by molar-refractivity contribution is 0.0693. The minimum Gasteiger partial charge on any atom is -0.495 e. The number of ether oxygens (including phenoxy) is 1.